The Labute approximate surface area is 118 Å². The predicted octanol–water partition coefficient (Wildman–Crippen LogP) is 3.11. The van der Waals surface area contributed by atoms with Gasteiger partial charge in [-0.05, 0) is 37.5 Å². The van der Waals surface area contributed by atoms with E-state index in [0.29, 0.717) is 0 Å². The number of benzene rings is 1. The van der Waals surface area contributed by atoms with Crippen LogP contribution in [0, 0.1) is 16.7 Å². The lowest BCUT2D eigenvalue weighted by Crippen LogP contribution is -2.35. The standard InChI is InChI=1S/C16H17NO3/c1-15(20-2,16(11-17)8-9-16)7-6-12-4-3-5-13(10-12)14(18)19/h3-7,10H,8-9H2,1-2H3,(H,18,19)/b7-6+/t15-/m0/s1. The maximum atomic E-state index is 10.9. The Bertz CT molecular complexity index is 596. The topological polar surface area (TPSA) is 70.3 Å². The molecule has 1 aromatic rings. The van der Waals surface area contributed by atoms with Crippen molar-refractivity contribution in [3.8, 4) is 6.07 Å². The van der Waals surface area contributed by atoms with Gasteiger partial charge in [0, 0.05) is 7.11 Å². The quantitative estimate of drug-likeness (QED) is 0.893. The molecule has 0 amide bonds. The Morgan fingerprint density at radius 1 is 1.55 bits per heavy atom. The van der Waals surface area contributed by atoms with E-state index in [0.717, 1.165) is 18.4 Å². The van der Waals surface area contributed by atoms with Crippen molar-refractivity contribution in [2.24, 2.45) is 5.41 Å². The van der Waals surface area contributed by atoms with Crippen LogP contribution < -0.4 is 0 Å². The first-order chi connectivity index (χ1) is 9.46. The molecule has 2 rings (SSSR count). The number of nitrogens with zero attached hydrogens (tertiary/aromatic N) is 1. The molecule has 104 valence electrons. The van der Waals surface area contributed by atoms with Crippen molar-refractivity contribution in [1.29, 1.82) is 5.26 Å². The Morgan fingerprint density at radius 3 is 2.75 bits per heavy atom. The van der Waals surface area contributed by atoms with E-state index in [4.69, 9.17) is 9.84 Å². The number of carbonyl (C=O) groups is 1. The summed E-state index contributed by atoms with van der Waals surface area (Å²) < 4.78 is 5.53. The van der Waals surface area contributed by atoms with Crippen LogP contribution in [0.4, 0.5) is 0 Å². The van der Waals surface area contributed by atoms with Crippen molar-refractivity contribution >= 4 is 12.0 Å². The number of hydrogen-bond acceptors (Lipinski definition) is 3. The summed E-state index contributed by atoms with van der Waals surface area (Å²) in [5.41, 5.74) is -0.0847. The summed E-state index contributed by atoms with van der Waals surface area (Å²) in [6.45, 7) is 1.89. The molecule has 1 N–H and O–H groups in total. The highest BCUT2D eigenvalue weighted by atomic mass is 16.5. The molecule has 1 aromatic carbocycles. The third-order valence-electron chi connectivity index (χ3n) is 4.07. The van der Waals surface area contributed by atoms with Gasteiger partial charge in [-0.25, -0.2) is 4.79 Å². The molecule has 4 heteroatoms. The molecule has 4 nitrogen and oxygen atoms in total. The Balaban J connectivity index is 2.26. The smallest absolute Gasteiger partial charge is 0.335 e. The molecule has 0 spiro atoms. The van der Waals surface area contributed by atoms with Crippen molar-refractivity contribution in [3.63, 3.8) is 0 Å². The highest BCUT2D eigenvalue weighted by molar-refractivity contribution is 5.88. The Kier molecular flexibility index (Phi) is 3.65. The largest absolute Gasteiger partial charge is 0.478 e. The minimum absolute atomic E-state index is 0.243. The molecule has 0 heterocycles. The van der Waals surface area contributed by atoms with Gasteiger partial charge in [0.2, 0.25) is 0 Å². The molecular formula is C16H17NO3. The van der Waals surface area contributed by atoms with E-state index in [1.807, 2.05) is 25.1 Å². The van der Waals surface area contributed by atoms with Gasteiger partial charge < -0.3 is 9.84 Å². The minimum atomic E-state index is -0.953. The summed E-state index contributed by atoms with van der Waals surface area (Å²) in [6, 6.07) is 9.01. The third-order valence-corrected chi connectivity index (χ3v) is 4.07. The first-order valence-corrected chi connectivity index (χ1v) is 6.45. The molecule has 1 fully saturated rings. The molecule has 0 aromatic heterocycles. The number of carboxylic acid groups (broad SMARTS) is 1. The normalized spacial score (nSPS) is 19.2. The van der Waals surface area contributed by atoms with Crippen LogP contribution in [0.5, 0.6) is 0 Å². The summed E-state index contributed by atoms with van der Waals surface area (Å²) >= 11 is 0. The van der Waals surface area contributed by atoms with Crippen molar-refractivity contribution < 1.29 is 14.6 Å². The summed E-state index contributed by atoms with van der Waals surface area (Å²) in [5.74, 6) is -0.953. The molecule has 0 radical (unpaired) electrons. The summed E-state index contributed by atoms with van der Waals surface area (Å²) in [7, 11) is 1.59. The first kappa shape index (κ1) is 14.3. The second kappa shape index (κ2) is 5.10. The lowest BCUT2D eigenvalue weighted by atomic mass is 9.86. The summed E-state index contributed by atoms with van der Waals surface area (Å²) in [6.07, 6.45) is 5.32. The van der Waals surface area contributed by atoms with Gasteiger partial charge in [0.1, 0.15) is 5.60 Å². The minimum Gasteiger partial charge on any atom is -0.478 e. The van der Waals surface area contributed by atoms with Crippen LogP contribution in [-0.4, -0.2) is 23.8 Å². The number of hydrogen-bond donors (Lipinski definition) is 1. The van der Waals surface area contributed by atoms with Crippen molar-refractivity contribution in [1.82, 2.24) is 0 Å². The fourth-order valence-corrected chi connectivity index (χ4v) is 2.30. The van der Waals surface area contributed by atoms with Gasteiger partial charge in [0.05, 0.1) is 17.0 Å². The molecule has 0 saturated heterocycles. The van der Waals surface area contributed by atoms with E-state index in [2.05, 4.69) is 6.07 Å². The SMILES string of the molecule is CO[C@@](C)(/C=C/c1cccc(C(=O)O)c1)C1(C#N)CC1. The van der Waals surface area contributed by atoms with Crippen LogP contribution in [0.25, 0.3) is 6.08 Å². The molecule has 0 bridgehead atoms. The molecule has 1 aliphatic rings. The van der Waals surface area contributed by atoms with E-state index in [1.54, 1.807) is 25.3 Å². The van der Waals surface area contributed by atoms with Gasteiger partial charge in [-0.3, -0.25) is 0 Å². The van der Waals surface area contributed by atoms with Gasteiger partial charge >= 0.3 is 5.97 Å². The molecule has 20 heavy (non-hydrogen) atoms. The van der Waals surface area contributed by atoms with E-state index in [1.165, 1.54) is 0 Å². The molecule has 1 saturated carbocycles. The van der Waals surface area contributed by atoms with Gasteiger partial charge in [-0.15, -0.1) is 0 Å². The second-order valence-electron chi connectivity index (χ2n) is 5.27. The van der Waals surface area contributed by atoms with Gasteiger partial charge in [0.25, 0.3) is 0 Å². The van der Waals surface area contributed by atoms with E-state index in [-0.39, 0.29) is 5.56 Å². The van der Waals surface area contributed by atoms with Gasteiger partial charge in [0.15, 0.2) is 0 Å². The summed E-state index contributed by atoms with van der Waals surface area (Å²) in [4.78, 5) is 10.9. The Morgan fingerprint density at radius 2 is 2.25 bits per heavy atom. The molecular weight excluding hydrogens is 254 g/mol. The fraction of sp³-hybridized carbons (Fsp3) is 0.375. The molecule has 0 aliphatic heterocycles. The number of ether oxygens (including phenoxy) is 1. The van der Waals surface area contributed by atoms with Crippen LogP contribution in [0.15, 0.2) is 30.3 Å². The van der Waals surface area contributed by atoms with E-state index < -0.39 is 17.0 Å². The summed E-state index contributed by atoms with van der Waals surface area (Å²) in [5, 5.41) is 18.3. The Hall–Kier alpha value is -2.12. The van der Waals surface area contributed by atoms with Crippen molar-refractivity contribution in [2.45, 2.75) is 25.4 Å². The lowest BCUT2D eigenvalue weighted by Gasteiger charge is -2.29. The van der Waals surface area contributed by atoms with Crippen LogP contribution >= 0.6 is 0 Å². The second-order valence-corrected chi connectivity index (χ2v) is 5.27. The first-order valence-electron chi connectivity index (χ1n) is 6.45. The highest BCUT2D eigenvalue weighted by Crippen LogP contribution is 2.55. The van der Waals surface area contributed by atoms with Crippen LogP contribution in [0.2, 0.25) is 0 Å². The average molecular weight is 271 g/mol. The van der Waals surface area contributed by atoms with E-state index >= 15 is 0 Å². The number of aromatic carboxylic acids is 1. The number of methoxy groups -OCH3 is 1. The van der Waals surface area contributed by atoms with Crippen molar-refractivity contribution in [2.75, 3.05) is 7.11 Å². The van der Waals surface area contributed by atoms with Gasteiger partial charge in [-0.2, -0.15) is 5.26 Å². The fourth-order valence-electron chi connectivity index (χ4n) is 2.30. The van der Waals surface area contributed by atoms with Gasteiger partial charge in [-0.1, -0.05) is 24.3 Å². The number of carboxylic acids is 1. The van der Waals surface area contributed by atoms with Crippen LogP contribution in [0.1, 0.15) is 35.7 Å². The highest BCUT2D eigenvalue weighted by Gasteiger charge is 2.57. The zero-order chi connectivity index (χ0) is 14.8. The number of rotatable bonds is 5. The zero-order valence-electron chi connectivity index (χ0n) is 11.6. The maximum absolute atomic E-state index is 10.9. The van der Waals surface area contributed by atoms with E-state index in [9.17, 15) is 10.1 Å². The molecule has 1 aliphatic carbocycles. The van der Waals surface area contributed by atoms with Crippen molar-refractivity contribution in [3.05, 3.63) is 41.5 Å². The zero-order valence-corrected chi connectivity index (χ0v) is 11.6. The van der Waals surface area contributed by atoms with Crippen LogP contribution in [-0.2, 0) is 4.74 Å². The molecule has 1 atom stereocenters. The molecule has 0 unspecified atom stereocenters. The lowest BCUT2D eigenvalue weighted by molar-refractivity contribution is 0.00671. The average Bonchev–Trinajstić information content (AvgIpc) is 3.26. The number of nitriles is 1. The third kappa shape index (κ3) is 2.45. The maximum Gasteiger partial charge on any atom is 0.335 e. The monoisotopic (exact) mass is 271 g/mol. The van der Waals surface area contributed by atoms with Crippen LogP contribution in [0.3, 0.4) is 0 Å². The predicted molar refractivity (Wildman–Crippen MR) is 75.1 cm³/mol.